The van der Waals surface area contributed by atoms with Gasteiger partial charge in [0.25, 0.3) is 5.91 Å². The van der Waals surface area contributed by atoms with E-state index < -0.39 is 12.1 Å². The van der Waals surface area contributed by atoms with Crippen LogP contribution >= 0.6 is 23.4 Å². The molecule has 1 amide bonds. The van der Waals surface area contributed by atoms with Crippen LogP contribution in [0.2, 0.25) is 5.02 Å². The Labute approximate surface area is 157 Å². The van der Waals surface area contributed by atoms with E-state index >= 15 is 0 Å². The Hall–Kier alpha value is -1.72. The highest BCUT2D eigenvalue weighted by atomic mass is 35.5. The van der Waals surface area contributed by atoms with Gasteiger partial charge in [-0.1, -0.05) is 35.9 Å². The summed E-state index contributed by atoms with van der Waals surface area (Å²) in [6, 6.07) is 11.5. The average Bonchev–Trinajstić information content (AvgIpc) is 2.51. The third-order valence-corrected chi connectivity index (χ3v) is 4.68. The second kappa shape index (κ2) is 8.11. The summed E-state index contributed by atoms with van der Waals surface area (Å²) in [4.78, 5) is 24.9. The Morgan fingerprint density at radius 2 is 1.84 bits per heavy atom. The first kappa shape index (κ1) is 19.6. The minimum absolute atomic E-state index is 0.109. The van der Waals surface area contributed by atoms with Crippen LogP contribution in [0.15, 0.2) is 41.3 Å². The molecule has 2 rings (SSSR count). The molecule has 0 aliphatic rings. The Balaban J connectivity index is 1.98. The number of carbonyl (C=O) groups excluding carboxylic acids is 2. The molecule has 0 aliphatic carbocycles. The van der Waals surface area contributed by atoms with Crippen LogP contribution in [0.3, 0.4) is 0 Å². The van der Waals surface area contributed by atoms with Crippen LogP contribution in [0.5, 0.6) is 0 Å². The van der Waals surface area contributed by atoms with Crippen molar-refractivity contribution in [3.63, 3.8) is 0 Å². The van der Waals surface area contributed by atoms with Gasteiger partial charge in [-0.05, 0) is 45.2 Å². The zero-order valence-corrected chi connectivity index (χ0v) is 16.3. The van der Waals surface area contributed by atoms with Crippen molar-refractivity contribution < 1.29 is 14.3 Å². The second-order valence-corrected chi connectivity index (χ2v) is 8.18. The smallest absolute Gasteiger partial charge is 0.317 e. The molecule has 0 radical (unpaired) electrons. The first-order chi connectivity index (χ1) is 11.7. The number of halogens is 1. The molecule has 0 fully saturated rings. The summed E-state index contributed by atoms with van der Waals surface area (Å²) in [5.74, 6) is -0.637. The highest BCUT2D eigenvalue weighted by Crippen LogP contribution is 2.33. The molecule has 4 nitrogen and oxygen atoms in total. The zero-order chi connectivity index (χ0) is 18.6. The van der Waals surface area contributed by atoms with Crippen molar-refractivity contribution in [3.05, 3.63) is 41.4 Å². The summed E-state index contributed by atoms with van der Waals surface area (Å²) in [6.07, 6.45) is -0.830. The number of amides is 1. The maximum atomic E-state index is 12.1. The number of rotatable bonds is 5. The van der Waals surface area contributed by atoms with E-state index in [1.807, 2.05) is 57.2 Å². The lowest BCUT2D eigenvalue weighted by Gasteiger charge is -2.23. The summed E-state index contributed by atoms with van der Waals surface area (Å²) >= 11 is 7.63. The molecule has 0 bridgehead atoms. The van der Waals surface area contributed by atoms with Gasteiger partial charge in [-0.3, -0.25) is 9.59 Å². The van der Waals surface area contributed by atoms with Crippen LogP contribution in [0.1, 0.15) is 27.7 Å². The lowest BCUT2D eigenvalue weighted by Crippen LogP contribution is -2.46. The summed E-state index contributed by atoms with van der Waals surface area (Å²) in [5.41, 5.74) is -0.369. The minimum atomic E-state index is -0.830. The van der Waals surface area contributed by atoms with Crippen molar-refractivity contribution >= 4 is 46.0 Å². The van der Waals surface area contributed by atoms with Gasteiger partial charge in [-0.2, -0.15) is 0 Å². The summed E-state index contributed by atoms with van der Waals surface area (Å²) in [5, 5.41) is 5.37. The number of hydrogen-bond donors (Lipinski definition) is 1. The standard InChI is InChI=1S/C19H22ClNO3S/c1-12(18(23)21-19(2,3)4)24-16(22)11-25-15-10-6-8-13-7-5-9-14(20)17(13)15/h5-10,12H,11H2,1-4H3,(H,21,23). The van der Waals surface area contributed by atoms with Crippen molar-refractivity contribution in [3.8, 4) is 0 Å². The lowest BCUT2D eigenvalue weighted by molar-refractivity contribution is -0.152. The molecule has 1 N–H and O–H groups in total. The number of esters is 1. The number of hydrogen-bond acceptors (Lipinski definition) is 4. The Bertz CT molecular complexity index is 781. The number of ether oxygens (including phenoxy) is 1. The first-order valence-corrected chi connectivity index (χ1v) is 9.35. The average molecular weight is 380 g/mol. The predicted molar refractivity (Wildman–Crippen MR) is 103 cm³/mol. The molecular formula is C19H22ClNO3S. The van der Waals surface area contributed by atoms with Crippen molar-refractivity contribution in [2.45, 2.75) is 44.2 Å². The van der Waals surface area contributed by atoms with E-state index in [1.54, 1.807) is 6.92 Å². The van der Waals surface area contributed by atoms with E-state index in [1.165, 1.54) is 11.8 Å². The van der Waals surface area contributed by atoms with E-state index in [0.717, 1.165) is 15.7 Å². The zero-order valence-electron chi connectivity index (χ0n) is 14.8. The van der Waals surface area contributed by atoms with Crippen molar-refractivity contribution in [1.82, 2.24) is 5.32 Å². The molecule has 2 aromatic rings. The minimum Gasteiger partial charge on any atom is -0.452 e. The van der Waals surface area contributed by atoms with Crippen molar-refractivity contribution in [2.75, 3.05) is 5.75 Å². The number of fused-ring (bicyclic) bond motifs is 1. The van der Waals surface area contributed by atoms with Crippen molar-refractivity contribution in [2.24, 2.45) is 0 Å². The molecule has 0 aliphatic heterocycles. The van der Waals surface area contributed by atoms with Crippen molar-refractivity contribution in [1.29, 1.82) is 0 Å². The van der Waals surface area contributed by atoms with Crippen LogP contribution in [0, 0.1) is 0 Å². The first-order valence-electron chi connectivity index (χ1n) is 7.99. The molecule has 134 valence electrons. The third kappa shape index (κ3) is 5.65. The van der Waals surface area contributed by atoms with E-state index in [0.29, 0.717) is 5.02 Å². The van der Waals surface area contributed by atoms with Gasteiger partial charge in [0.05, 0.1) is 5.75 Å². The van der Waals surface area contributed by atoms with E-state index in [9.17, 15) is 9.59 Å². The topological polar surface area (TPSA) is 55.4 Å². The van der Waals surface area contributed by atoms with Gasteiger partial charge in [-0.25, -0.2) is 0 Å². The summed E-state index contributed by atoms with van der Waals surface area (Å²) in [7, 11) is 0. The maximum absolute atomic E-state index is 12.1. The van der Waals surface area contributed by atoms with Crippen LogP contribution in [0.4, 0.5) is 0 Å². The molecular weight excluding hydrogens is 358 g/mol. The number of carbonyl (C=O) groups is 2. The normalized spacial score (nSPS) is 12.7. The van der Waals surface area contributed by atoms with Crippen LogP contribution in [-0.2, 0) is 14.3 Å². The number of nitrogens with one attached hydrogen (secondary N) is 1. The monoisotopic (exact) mass is 379 g/mol. The van der Waals surface area contributed by atoms with Gasteiger partial charge in [0.2, 0.25) is 0 Å². The van der Waals surface area contributed by atoms with Crippen LogP contribution < -0.4 is 5.32 Å². The predicted octanol–water partition coefficient (Wildman–Crippen LogP) is 4.43. The van der Waals surface area contributed by atoms with Gasteiger partial charge in [0, 0.05) is 20.8 Å². The fraction of sp³-hybridized carbons (Fsp3) is 0.368. The fourth-order valence-electron chi connectivity index (χ4n) is 2.28. The number of benzene rings is 2. The molecule has 1 unspecified atom stereocenters. The molecule has 0 aromatic heterocycles. The quantitative estimate of drug-likeness (QED) is 0.616. The third-order valence-electron chi connectivity index (χ3n) is 3.34. The molecule has 0 saturated carbocycles. The van der Waals surface area contributed by atoms with Gasteiger partial charge in [0.15, 0.2) is 6.10 Å². The molecule has 25 heavy (non-hydrogen) atoms. The van der Waals surface area contributed by atoms with Gasteiger partial charge in [-0.15, -0.1) is 11.8 Å². The van der Waals surface area contributed by atoms with E-state index in [4.69, 9.17) is 16.3 Å². The second-order valence-electron chi connectivity index (χ2n) is 6.75. The number of thioether (sulfide) groups is 1. The molecule has 0 spiro atoms. The van der Waals surface area contributed by atoms with Crippen LogP contribution in [-0.4, -0.2) is 29.3 Å². The molecule has 6 heteroatoms. The highest BCUT2D eigenvalue weighted by Gasteiger charge is 2.22. The van der Waals surface area contributed by atoms with Crippen LogP contribution in [0.25, 0.3) is 10.8 Å². The lowest BCUT2D eigenvalue weighted by atomic mass is 10.1. The Morgan fingerprint density at radius 1 is 1.20 bits per heavy atom. The molecule has 0 heterocycles. The maximum Gasteiger partial charge on any atom is 0.317 e. The Kier molecular flexibility index (Phi) is 6.36. The van der Waals surface area contributed by atoms with Gasteiger partial charge < -0.3 is 10.1 Å². The van der Waals surface area contributed by atoms with Gasteiger partial charge >= 0.3 is 5.97 Å². The summed E-state index contributed by atoms with van der Waals surface area (Å²) in [6.45, 7) is 7.19. The van der Waals surface area contributed by atoms with Gasteiger partial charge in [0.1, 0.15) is 0 Å². The Morgan fingerprint density at radius 3 is 2.48 bits per heavy atom. The summed E-state index contributed by atoms with van der Waals surface area (Å²) < 4.78 is 5.22. The van der Waals surface area contributed by atoms with E-state index in [-0.39, 0.29) is 17.2 Å². The molecule has 2 aromatic carbocycles. The largest absolute Gasteiger partial charge is 0.452 e. The highest BCUT2D eigenvalue weighted by molar-refractivity contribution is 8.00. The SMILES string of the molecule is CC(OC(=O)CSc1cccc2cccc(Cl)c12)C(=O)NC(C)(C)C. The fourth-order valence-corrected chi connectivity index (χ4v) is 3.50. The van der Waals surface area contributed by atoms with E-state index in [2.05, 4.69) is 5.32 Å². The molecule has 1 atom stereocenters. The molecule has 0 saturated heterocycles.